The lowest BCUT2D eigenvalue weighted by atomic mass is 10.1. The number of hydrogen-bond acceptors (Lipinski definition) is 4. The third-order valence-electron chi connectivity index (χ3n) is 3.37. The molecular formula is C13H18N2O4S. The van der Waals surface area contributed by atoms with Crippen LogP contribution in [0.1, 0.15) is 23.2 Å². The summed E-state index contributed by atoms with van der Waals surface area (Å²) in [5.74, 6) is 0.199. The van der Waals surface area contributed by atoms with Gasteiger partial charge in [0.1, 0.15) is 5.75 Å². The van der Waals surface area contributed by atoms with Gasteiger partial charge in [0.25, 0.3) is 5.91 Å². The van der Waals surface area contributed by atoms with Gasteiger partial charge in [0.15, 0.2) is 0 Å². The van der Waals surface area contributed by atoms with Crippen molar-refractivity contribution >= 4 is 15.9 Å². The molecule has 1 aromatic rings. The monoisotopic (exact) mass is 298 g/mol. The number of carbonyl (C=O) groups is 1. The first-order valence-electron chi connectivity index (χ1n) is 6.40. The third-order valence-corrected chi connectivity index (χ3v) is 4.79. The van der Waals surface area contributed by atoms with Crippen LogP contribution in [0.25, 0.3) is 0 Å². The van der Waals surface area contributed by atoms with Crippen molar-refractivity contribution in [2.24, 2.45) is 0 Å². The van der Waals surface area contributed by atoms with Crippen LogP contribution in [-0.2, 0) is 10.0 Å². The molecule has 0 radical (unpaired) electrons. The molecule has 0 saturated carbocycles. The van der Waals surface area contributed by atoms with Gasteiger partial charge in [0, 0.05) is 13.1 Å². The van der Waals surface area contributed by atoms with Gasteiger partial charge in [-0.25, -0.2) is 13.1 Å². The molecule has 110 valence electrons. The van der Waals surface area contributed by atoms with E-state index in [-0.39, 0.29) is 16.4 Å². The van der Waals surface area contributed by atoms with Gasteiger partial charge < -0.3 is 9.64 Å². The van der Waals surface area contributed by atoms with Crippen LogP contribution in [-0.4, -0.2) is 46.5 Å². The Morgan fingerprint density at radius 1 is 1.30 bits per heavy atom. The highest BCUT2D eigenvalue weighted by Crippen LogP contribution is 2.25. The Hall–Kier alpha value is -1.60. The largest absolute Gasteiger partial charge is 0.496 e. The highest BCUT2D eigenvalue weighted by atomic mass is 32.2. The number of amides is 1. The minimum atomic E-state index is -3.58. The van der Waals surface area contributed by atoms with Crippen LogP contribution < -0.4 is 9.46 Å². The van der Waals surface area contributed by atoms with Crippen LogP contribution in [0.5, 0.6) is 5.75 Å². The lowest BCUT2D eigenvalue weighted by Gasteiger charge is -2.17. The maximum absolute atomic E-state index is 12.4. The molecule has 1 saturated heterocycles. The topological polar surface area (TPSA) is 75.7 Å². The summed E-state index contributed by atoms with van der Waals surface area (Å²) in [6.45, 7) is 1.40. The summed E-state index contributed by atoms with van der Waals surface area (Å²) >= 11 is 0. The van der Waals surface area contributed by atoms with E-state index in [1.54, 1.807) is 4.90 Å². The standard InChI is InChI=1S/C13H18N2O4S/c1-14-20(17,18)10-5-6-12(19-2)11(9-10)13(16)15-7-3-4-8-15/h5-6,9,14H,3-4,7-8H2,1-2H3. The van der Waals surface area contributed by atoms with Crippen molar-refractivity contribution in [2.75, 3.05) is 27.2 Å². The average molecular weight is 298 g/mol. The first-order valence-corrected chi connectivity index (χ1v) is 7.89. The van der Waals surface area contributed by atoms with E-state index in [1.807, 2.05) is 0 Å². The van der Waals surface area contributed by atoms with Gasteiger partial charge in [-0.15, -0.1) is 0 Å². The van der Waals surface area contributed by atoms with Crippen LogP contribution in [0.3, 0.4) is 0 Å². The van der Waals surface area contributed by atoms with E-state index in [9.17, 15) is 13.2 Å². The van der Waals surface area contributed by atoms with E-state index in [1.165, 1.54) is 32.4 Å². The number of ether oxygens (including phenoxy) is 1. The smallest absolute Gasteiger partial charge is 0.257 e. The van der Waals surface area contributed by atoms with Crippen LogP contribution >= 0.6 is 0 Å². The molecule has 20 heavy (non-hydrogen) atoms. The van der Waals surface area contributed by atoms with Crippen molar-refractivity contribution in [3.63, 3.8) is 0 Å². The molecule has 0 aliphatic carbocycles. The van der Waals surface area contributed by atoms with E-state index < -0.39 is 10.0 Å². The van der Waals surface area contributed by atoms with Crippen molar-refractivity contribution in [2.45, 2.75) is 17.7 Å². The second-order valence-electron chi connectivity index (χ2n) is 4.57. The number of methoxy groups -OCH3 is 1. The number of nitrogens with zero attached hydrogens (tertiary/aromatic N) is 1. The highest BCUT2D eigenvalue weighted by Gasteiger charge is 2.24. The molecule has 6 nitrogen and oxygen atoms in total. The first kappa shape index (κ1) is 14.8. The molecule has 1 aliphatic rings. The summed E-state index contributed by atoms with van der Waals surface area (Å²) in [7, 11) is -0.784. The van der Waals surface area contributed by atoms with E-state index in [0.717, 1.165) is 12.8 Å². The molecule has 0 bridgehead atoms. The minimum absolute atomic E-state index is 0.0587. The van der Waals surface area contributed by atoms with Crippen LogP contribution in [0, 0.1) is 0 Å². The number of sulfonamides is 1. The molecule has 1 aromatic carbocycles. The van der Waals surface area contributed by atoms with E-state index in [2.05, 4.69) is 4.72 Å². The first-order chi connectivity index (χ1) is 9.49. The number of likely N-dealkylation sites (tertiary alicyclic amines) is 1. The molecule has 0 unspecified atom stereocenters. The maximum Gasteiger partial charge on any atom is 0.257 e. The minimum Gasteiger partial charge on any atom is -0.496 e. The number of rotatable bonds is 4. The van der Waals surface area contributed by atoms with Crippen molar-refractivity contribution < 1.29 is 17.9 Å². The molecular weight excluding hydrogens is 280 g/mol. The van der Waals surface area contributed by atoms with E-state index in [4.69, 9.17) is 4.74 Å². The Bertz CT molecular complexity index is 607. The number of carbonyl (C=O) groups excluding carboxylic acids is 1. The van der Waals surface area contributed by atoms with Gasteiger partial charge in [-0.1, -0.05) is 0 Å². The molecule has 1 N–H and O–H groups in total. The summed E-state index contributed by atoms with van der Waals surface area (Å²) in [5.41, 5.74) is 0.283. The molecule has 1 heterocycles. The summed E-state index contributed by atoms with van der Waals surface area (Å²) in [6.07, 6.45) is 1.95. The second kappa shape index (κ2) is 5.80. The Kier molecular flexibility index (Phi) is 4.29. The highest BCUT2D eigenvalue weighted by molar-refractivity contribution is 7.89. The number of benzene rings is 1. The zero-order chi connectivity index (χ0) is 14.8. The lowest BCUT2D eigenvalue weighted by Crippen LogP contribution is -2.28. The average Bonchev–Trinajstić information content (AvgIpc) is 3.00. The fourth-order valence-corrected chi connectivity index (χ4v) is 2.99. The van der Waals surface area contributed by atoms with Gasteiger partial charge in [-0.05, 0) is 38.1 Å². The van der Waals surface area contributed by atoms with Gasteiger partial charge in [0.2, 0.25) is 10.0 Å². The van der Waals surface area contributed by atoms with Crippen LogP contribution in [0.4, 0.5) is 0 Å². The summed E-state index contributed by atoms with van der Waals surface area (Å²) in [6, 6.07) is 4.30. The summed E-state index contributed by atoms with van der Waals surface area (Å²) in [4.78, 5) is 14.2. The predicted octanol–water partition coefficient (Wildman–Crippen LogP) is 0.839. The van der Waals surface area contributed by atoms with E-state index >= 15 is 0 Å². The van der Waals surface area contributed by atoms with Crippen molar-refractivity contribution in [1.29, 1.82) is 0 Å². The van der Waals surface area contributed by atoms with Gasteiger partial charge in [-0.3, -0.25) is 4.79 Å². The zero-order valence-corrected chi connectivity index (χ0v) is 12.4. The molecule has 0 atom stereocenters. The molecule has 1 amide bonds. The normalized spacial score (nSPS) is 15.4. The molecule has 1 fully saturated rings. The van der Waals surface area contributed by atoms with Gasteiger partial charge in [0.05, 0.1) is 17.6 Å². The fourth-order valence-electron chi connectivity index (χ4n) is 2.23. The van der Waals surface area contributed by atoms with Crippen molar-refractivity contribution in [3.8, 4) is 5.75 Å². The Morgan fingerprint density at radius 2 is 1.95 bits per heavy atom. The predicted molar refractivity (Wildman–Crippen MR) is 74.4 cm³/mol. The molecule has 0 spiro atoms. The van der Waals surface area contributed by atoms with Crippen molar-refractivity contribution in [3.05, 3.63) is 23.8 Å². The van der Waals surface area contributed by atoms with Gasteiger partial charge in [-0.2, -0.15) is 0 Å². The molecule has 7 heteroatoms. The fraction of sp³-hybridized carbons (Fsp3) is 0.462. The molecule has 2 rings (SSSR count). The Morgan fingerprint density at radius 3 is 2.50 bits per heavy atom. The molecule has 0 aromatic heterocycles. The SMILES string of the molecule is CNS(=O)(=O)c1ccc(OC)c(C(=O)N2CCCC2)c1. The maximum atomic E-state index is 12.4. The number of hydrogen-bond donors (Lipinski definition) is 1. The van der Waals surface area contributed by atoms with Crippen LogP contribution in [0.15, 0.2) is 23.1 Å². The Labute approximate surface area is 118 Å². The van der Waals surface area contributed by atoms with Gasteiger partial charge >= 0.3 is 0 Å². The number of nitrogens with one attached hydrogen (secondary N) is 1. The third kappa shape index (κ3) is 2.78. The zero-order valence-electron chi connectivity index (χ0n) is 11.5. The Balaban J connectivity index is 2.44. The molecule has 1 aliphatic heterocycles. The lowest BCUT2D eigenvalue weighted by molar-refractivity contribution is 0.0789. The van der Waals surface area contributed by atoms with Crippen LogP contribution in [0.2, 0.25) is 0 Å². The summed E-state index contributed by atoms with van der Waals surface area (Å²) in [5, 5.41) is 0. The van der Waals surface area contributed by atoms with Crippen molar-refractivity contribution in [1.82, 2.24) is 9.62 Å². The van der Waals surface area contributed by atoms with E-state index in [0.29, 0.717) is 18.8 Å². The quantitative estimate of drug-likeness (QED) is 0.893. The summed E-state index contributed by atoms with van der Waals surface area (Å²) < 4.78 is 31.0. The second-order valence-corrected chi connectivity index (χ2v) is 6.46.